The number of pyridine rings is 1. The van der Waals surface area contributed by atoms with Gasteiger partial charge in [0.15, 0.2) is 0 Å². The number of para-hydroxylation sites is 1. The minimum Gasteiger partial charge on any atom is -0.497 e. The highest BCUT2D eigenvalue weighted by molar-refractivity contribution is 8.00. The molecule has 0 radical (unpaired) electrons. The van der Waals surface area contributed by atoms with E-state index in [1.54, 1.807) is 13.2 Å². The van der Waals surface area contributed by atoms with E-state index in [-0.39, 0.29) is 11.7 Å². The van der Waals surface area contributed by atoms with Crippen molar-refractivity contribution in [1.82, 2.24) is 4.98 Å². The molecule has 3 aromatic rings. The van der Waals surface area contributed by atoms with Gasteiger partial charge in [-0.05, 0) is 36.2 Å². The molecule has 1 aromatic heterocycles. The standard InChI is InChI=1S/C21H17N3O2S/c1-26-17-7-6-15-10-16(12-22)21(23-18(15)11-17)27-13-20(25)24-9-8-14-4-2-3-5-19(14)24/h2-7,10-11H,8-9,13H2,1H3. The lowest BCUT2D eigenvalue weighted by molar-refractivity contribution is -0.116. The maximum Gasteiger partial charge on any atom is 0.237 e. The van der Waals surface area contributed by atoms with Crippen molar-refractivity contribution < 1.29 is 9.53 Å². The zero-order chi connectivity index (χ0) is 18.8. The smallest absolute Gasteiger partial charge is 0.237 e. The van der Waals surface area contributed by atoms with Crippen molar-refractivity contribution in [1.29, 1.82) is 5.26 Å². The molecule has 0 saturated heterocycles. The molecule has 2 aromatic carbocycles. The van der Waals surface area contributed by atoms with Gasteiger partial charge >= 0.3 is 0 Å². The first kappa shape index (κ1) is 17.4. The van der Waals surface area contributed by atoms with Crippen LogP contribution in [0.2, 0.25) is 0 Å². The van der Waals surface area contributed by atoms with Crippen molar-refractivity contribution in [3.63, 3.8) is 0 Å². The molecule has 0 spiro atoms. The largest absolute Gasteiger partial charge is 0.497 e. The molecular formula is C21H17N3O2S. The van der Waals surface area contributed by atoms with Crippen LogP contribution in [0.4, 0.5) is 5.69 Å². The molecule has 0 bridgehead atoms. The predicted octanol–water partition coefficient (Wildman–Crippen LogP) is 3.80. The lowest BCUT2D eigenvalue weighted by atomic mass is 10.1. The van der Waals surface area contributed by atoms with Crippen LogP contribution in [0.15, 0.2) is 53.6 Å². The van der Waals surface area contributed by atoms with Gasteiger partial charge in [-0.15, -0.1) is 0 Å². The highest BCUT2D eigenvalue weighted by atomic mass is 32.2. The molecule has 0 saturated carbocycles. The summed E-state index contributed by atoms with van der Waals surface area (Å²) in [7, 11) is 1.60. The molecule has 0 fully saturated rings. The zero-order valence-electron chi connectivity index (χ0n) is 14.8. The summed E-state index contributed by atoms with van der Waals surface area (Å²) >= 11 is 1.30. The van der Waals surface area contributed by atoms with Gasteiger partial charge in [-0.1, -0.05) is 30.0 Å². The van der Waals surface area contributed by atoms with Crippen molar-refractivity contribution in [2.45, 2.75) is 11.4 Å². The quantitative estimate of drug-likeness (QED) is 0.649. The molecule has 5 nitrogen and oxygen atoms in total. The molecule has 4 rings (SSSR count). The molecule has 27 heavy (non-hydrogen) atoms. The summed E-state index contributed by atoms with van der Waals surface area (Å²) in [5.41, 5.74) is 3.41. The van der Waals surface area contributed by atoms with Crippen LogP contribution in [-0.2, 0) is 11.2 Å². The molecule has 0 unspecified atom stereocenters. The van der Waals surface area contributed by atoms with E-state index in [1.165, 1.54) is 17.3 Å². The van der Waals surface area contributed by atoms with Crippen LogP contribution in [-0.4, -0.2) is 30.3 Å². The van der Waals surface area contributed by atoms with Crippen LogP contribution in [0, 0.1) is 11.3 Å². The molecule has 134 valence electrons. The van der Waals surface area contributed by atoms with Crippen LogP contribution in [0.1, 0.15) is 11.1 Å². The Morgan fingerprint density at radius 3 is 2.96 bits per heavy atom. The number of rotatable bonds is 4. The third kappa shape index (κ3) is 3.34. The molecule has 0 aliphatic carbocycles. The average Bonchev–Trinajstić information content (AvgIpc) is 3.15. The highest BCUT2D eigenvalue weighted by Crippen LogP contribution is 2.30. The third-order valence-corrected chi connectivity index (χ3v) is 5.61. The molecule has 0 atom stereocenters. The molecule has 2 heterocycles. The zero-order valence-corrected chi connectivity index (χ0v) is 15.6. The van der Waals surface area contributed by atoms with E-state index in [4.69, 9.17) is 4.74 Å². The van der Waals surface area contributed by atoms with Gasteiger partial charge in [-0.25, -0.2) is 4.98 Å². The number of hydrogen-bond donors (Lipinski definition) is 0. The average molecular weight is 375 g/mol. The molecule has 1 aliphatic rings. The number of hydrogen-bond acceptors (Lipinski definition) is 5. The van der Waals surface area contributed by atoms with Crippen LogP contribution in [0.3, 0.4) is 0 Å². The number of aromatic nitrogens is 1. The summed E-state index contributed by atoms with van der Waals surface area (Å²) in [5.74, 6) is 0.979. The number of nitrogens with zero attached hydrogens (tertiary/aromatic N) is 3. The number of anilines is 1. The minimum absolute atomic E-state index is 0.0291. The summed E-state index contributed by atoms with van der Waals surface area (Å²) in [6.07, 6.45) is 0.879. The fraction of sp³-hybridized carbons (Fsp3) is 0.190. The highest BCUT2D eigenvalue weighted by Gasteiger charge is 2.24. The second-order valence-corrected chi connectivity index (χ2v) is 7.19. The van der Waals surface area contributed by atoms with Gasteiger partial charge in [0.05, 0.1) is 23.9 Å². The molecule has 1 amide bonds. The first-order chi connectivity index (χ1) is 13.2. The second-order valence-electron chi connectivity index (χ2n) is 6.22. The molecule has 0 N–H and O–H groups in total. The summed E-state index contributed by atoms with van der Waals surface area (Å²) in [6.45, 7) is 0.701. The van der Waals surface area contributed by atoms with Crippen LogP contribution in [0.5, 0.6) is 5.75 Å². The Morgan fingerprint density at radius 1 is 1.30 bits per heavy atom. The van der Waals surface area contributed by atoms with E-state index in [1.807, 2.05) is 41.3 Å². The SMILES string of the molecule is COc1ccc2cc(C#N)c(SCC(=O)N3CCc4ccccc43)nc2c1. The van der Waals surface area contributed by atoms with Gasteiger partial charge < -0.3 is 9.64 Å². The second kappa shape index (κ2) is 7.29. The fourth-order valence-electron chi connectivity index (χ4n) is 3.25. The number of nitriles is 1. The number of fused-ring (bicyclic) bond motifs is 2. The normalized spacial score (nSPS) is 12.7. The number of benzene rings is 2. The number of carbonyl (C=O) groups excluding carboxylic acids is 1. The number of thioether (sulfide) groups is 1. The lowest BCUT2D eigenvalue weighted by Crippen LogP contribution is -2.30. The number of carbonyl (C=O) groups is 1. The van der Waals surface area contributed by atoms with Crippen LogP contribution in [0.25, 0.3) is 10.9 Å². The monoisotopic (exact) mass is 375 g/mol. The van der Waals surface area contributed by atoms with E-state index in [0.29, 0.717) is 22.9 Å². The lowest BCUT2D eigenvalue weighted by Gasteiger charge is -2.17. The van der Waals surface area contributed by atoms with Crippen molar-refractivity contribution in [2.24, 2.45) is 0 Å². The number of amides is 1. The van der Waals surface area contributed by atoms with Crippen molar-refractivity contribution in [2.75, 3.05) is 24.3 Å². The summed E-state index contributed by atoms with van der Waals surface area (Å²) in [5, 5.41) is 10.9. The van der Waals surface area contributed by atoms with Crippen molar-refractivity contribution in [3.05, 3.63) is 59.7 Å². The van der Waals surface area contributed by atoms with Crippen molar-refractivity contribution in [3.8, 4) is 11.8 Å². The number of methoxy groups -OCH3 is 1. The Hall–Kier alpha value is -3.04. The van der Waals surface area contributed by atoms with Crippen molar-refractivity contribution >= 4 is 34.3 Å². The summed E-state index contributed by atoms with van der Waals surface area (Å²) in [4.78, 5) is 19.1. The van der Waals surface area contributed by atoms with Gasteiger partial charge in [-0.2, -0.15) is 5.26 Å². The molecule has 1 aliphatic heterocycles. The van der Waals surface area contributed by atoms with E-state index in [0.717, 1.165) is 23.0 Å². The Morgan fingerprint density at radius 2 is 2.15 bits per heavy atom. The topological polar surface area (TPSA) is 66.2 Å². The first-order valence-electron chi connectivity index (χ1n) is 8.59. The van der Waals surface area contributed by atoms with Gasteiger partial charge in [-0.3, -0.25) is 4.79 Å². The van der Waals surface area contributed by atoms with Gasteiger partial charge in [0.2, 0.25) is 5.91 Å². The van der Waals surface area contributed by atoms with E-state index >= 15 is 0 Å². The predicted molar refractivity (Wildman–Crippen MR) is 106 cm³/mol. The third-order valence-electron chi connectivity index (χ3n) is 4.63. The van der Waals surface area contributed by atoms with Crippen LogP contribution >= 0.6 is 11.8 Å². The van der Waals surface area contributed by atoms with E-state index < -0.39 is 0 Å². The number of ether oxygens (including phenoxy) is 1. The minimum atomic E-state index is 0.0291. The van der Waals surface area contributed by atoms with Gasteiger partial charge in [0, 0.05) is 23.7 Å². The maximum atomic E-state index is 12.7. The first-order valence-corrected chi connectivity index (χ1v) is 9.58. The molecule has 6 heteroatoms. The maximum absolute atomic E-state index is 12.7. The van der Waals surface area contributed by atoms with Gasteiger partial charge in [0.1, 0.15) is 16.8 Å². The summed E-state index contributed by atoms with van der Waals surface area (Å²) < 4.78 is 5.25. The fourth-order valence-corrected chi connectivity index (χ4v) is 4.09. The molecular weight excluding hydrogens is 358 g/mol. The van der Waals surface area contributed by atoms with E-state index in [2.05, 4.69) is 17.1 Å². The van der Waals surface area contributed by atoms with Crippen LogP contribution < -0.4 is 9.64 Å². The van der Waals surface area contributed by atoms with E-state index in [9.17, 15) is 10.1 Å². The Balaban J connectivity index is 1.56. The Bertz CT molecular complexity index is 1070. The van der Waals surface area contributed by atoms with Gasteiger partial charge in [0.25, 0.3) is 0 Å². The summed E-state index contributed by atoms with van der Waals surface area (Å²) in [6, 6.07) is 17.5. The Labute approximate surface area is 161 Å². The Kier molecular flexibility index (Phi) is 4.69.